The number of carbonyl (C=O) groups is 2. The maximum absolute atomic E-state index is 13.0. The topological polar surface area (TPSA) is 99.5 Å². The van der Waals surface area contributed by atoms with Crippen LogP contribution in [0.2, 0.25) is 5.02 Å². The van der Waals surface area contributed by atoms with Gasteiger partial charge in [0.1, 0.15) is 0 Å². The highest BCUT2D eigenvalue weighted by molar-refractivity contribution is 6.30. The van der Waals surface area contributed by atoms with Gasteiger partial charge in [0.05, 0.1) is 42.1 Å². The van der Waals surface area contributed by atoms with E-state index in [9.17, 15) is 19.8 Å². The maximum atomic E-state index is 13.0. The molecule has 0 aromatic heterocycles. The molecule has 0 aliphatic carbocycles. The van der Waals surface area contributed by atoms with E-state index in [1.54, 1.807) is 24.3 Å². The lowest BCUT2D eigenvalue weighted by Crippen LogP contribution is -2.46. The zero-order valence-electron chi connectivity index (χ0n) is 29.2. The van der Waals surface area contributed by atoms with Gasteiger partial charge in [-0.1, -0.05) is 103 Å². The van der Waals surface area contributed by atoms with Crippen molar-refractivity contribution in [3.63, 3.8) is 0 Å². The van der Waals surface area contributed by atoms with Gasteiger partial charge in [0.2, 0.25) is 0 Å². The summed E-state index contributed by atoms with van der Waals surface area (Å²) >= 11 is 6.10. The van der Waals surface area contributed by atoms with Crippen LogP contribution in [0.15, 0.2) is 121 Å². The number of nitrogens with zero attached hydrogens (tertiary/aromatic N) is 2. The van der Waals surface area contributed by atoms with Crippen LogP contribution in [0.25, 0.3) is 11.1 Å². The van der Waals surface area contributed by atoms with Gasteiger partial charge in [0, 0.05) is 36.6 Å². The number of piperidine rings is 1. The number of aliphatic hydroxyl groups excluding tert-OH is 1. The summed E-state index contributed by atoms with van der Waals surface area (Å²) in [6.07, 6.45) is 0.992. The van der Waals surface area contributed by atoms with Crippen molar-refractivity contribution in [2.24, 2.45) is 0 Å². The number of imide groups is 1. The quantitative estimate of drug-likeness (QED) is 0.149. The second-order valence-corrected chi connectivity index (χ2v) is 14.7. The third-order valence-corrected chi connectivity index (χ3v) is 11.1. The lowest BCUT2D eigenvalue weighted by atomic mass is 9.84. The van der Waals surface area contributed by atoms with Crippen LogP contribution >= 0.6 is 11.6 Å². The molecule has 0 unspecified atom stereocenters. The van der Waals surface area contributed by atoms with Crippen molar-refractivity contribution in [1.82, 2.24) is 9.80 Å². The Balaban J connectivity index is 0.969. The Kier molecular flexibility index (Phi) is 10.0. The van der Waals surface area contributed by atoms with Gasteiger partial charge in [-0.15, -0.1) is 0 Å². The van der Waals surface area contributed by atoms with Gasteiger partial charge in [-0.05, 0) is 76.6 Å². The number of benzene rings is 5. The average molecular weight is 729 g/mol. The minimum absolute atomic E-state index is 0.0183. The van der Waals surface area contributed by atoms with Crippen LogP contribution in [0, 0.1) is 0 Å². The highest BCUT2D eigenvalue weighted by Crippen LogP contribution is 2.40. The third-order valence-electron chi connectivity index (χ3n) is 10.8. The predicted molar refractivity (Wildman–Crippen MR) is 202 cm³/mol. The Labute approximate surface area is 314 Å². The molecule has 0 bridgehead atoms. The average Bonchev–Trinajstić information content (AvgIpc) is 3.44. The predicted octanol–water partition coefficient (Wildman–Crippen LogP) is 7.82. The normalized spacial score (nSPS) is 21.5. The standard InChI is InChI=1S/C44H41ClN2O6/c45-36-18-16-35(17-19-36)44(51)20-22-46(23-21-44)27-37-25-40(32-10-8-29(28-48)9-11-32)53-43(52-37)33-14-12-31(13-15-33)34-5-3-4-30(24-34)26-47-41(49)38-6-1-2-7-39(38)42(47)50/h1-19,24,37,40,43,48,51H,20-23,25-28H2/t37-,40+,43+/m0/s1. The molecule has 3 heterocycles. The first-order valence-corrected chi connectivity index (χ1v) is 18.5. The molecule has 0 spiro atoms. The van der Waals surface area contributed by atoms with Crippen molar-refractivity contribution in [3.05, 3.63) is 165 Å². The molecule has 2 N–H and O–H groups in total. The number of ether oxygens (including phenoxy) is 2. The number of halogens is 1. The lowest BCUT2D eigenvalue weighted by molar-refractivity contribution is -0.253. The van der Waals surface area contributed by atoms with E-state index in [1.807, 2.05) is 97.1 Å². The van der Waals surface area contributed by atoms with Crippen molar-refractivity contribution in [3.8, 4) is 11.1 Å². The van der Waals surface area contributed by atoms with Crippen molar-refractivity contribution >= 4 is 23.4 Å². The molecule has 0 saturated carbocycles. The molecule has 8 rings (SSSR count). The van der Waals surface area contributed by atoms with Crippen molar-refractivity contribution < 1.29 is 29.3 Å². The fraction of sp³-hybridized carbons (Fsp3) is 0.273. The van der Waals surface area contributed by atoms with Crippen LogP contribution in [0.5, 0.6) is 0 Å². The first-order valence-electron chi connectivity index (χ1n) is 18.1. The molecule has 9 heteroatoms. The van der Waals surface area contributed by atoms with Crippen LogP contribution in [-0.4, -0.2) is 57.6 Å². The SMILES string of the molecule is O=C1c2ccccc2C(=O)N1Cc1cccc(-c2ccc([C@@H]3O[C@H](CN4CCC(O)(c5ccc(Cl)cc5)CC4)C[C@H](c4ccc(CO)cc4)O3)cc2)c1. The summed E-state index contributed by atoms with van der Waals surface area (Å²) in [6.45, 7) is 2.36. The number of fused-ring (bicyclic) bond motifs is 1. The van der Waals surface area contributed by atoms with Gasteiger partial charge in [-0.3, -0.25) is 14.5 Å². The summed E-state index contributed by atoms with van der Waals surface area (Å²) in [6, 6.07) is 38.4. The van der Waals surface area contributed by atoms with E-state index in [0.717, 1.165) is 52.0 Å². The molecule has 3 aliphatic rings. The molecule has 53 heavy (non-hydrogen) atoms. The molecule has 2 saturated heterocycles. The van der Waals surface area contributed by atoms with Gasteiger partial charge in [0.15, 0.2) is 6.29 Å². The lowest BCUT2D eigenvalue weighted by Gasteiger charge is -2.42. The molecule has 2 fully saturated rings. The number of aliphatic hydroxyl groups is 2. The minimum Gasteiger partial charge on any atom is -0.392 e. The smallest absolute Gasteiger partial charge is 0.261 e. The largest absolute Gasteiger partial charge is 0.392 e. The Hall–Kier alpha value is -4.67. The van der Waals surface area contributed by atoms with Crippen LogP contribution in [0.4, 0.5) is 0 Å². The van der Waals surface area contributed by atoms with Crippen LogP contribution in [0.3, 0.4) is 0 Å². The van der Waals surface area contributed by atoms with E-state index in [2.05, 4.69) is 4.90 Å². The molecule has 5 aromatic rings. The fourth-order valence-corrected chi connectivity index (χ4v) is 7.85. The number of hydrogen-bond donors (Lipinski definition) is 2. The van der Waals surface area contributed by atoms with E-state index in [1.165, 1.54) is 4.90 Å². The van der Waals surface area contributed by atoms with Crippen LogP contribution in [-0.2, 0) is 28.2 Å². The summed E-state index contributed by atoms with van der Waals surface area (Å²) in [5, 5.41) is 21.7. The van der Waals surface area contributed by atoms with E-state index in [4.69, 9.17) is 21.1 Å². The summed E-state index contributed by atoms with van der Waals surface area (Å²) in [5.41, 5.74) is 6.50. The molecule has 3 aliphatic heterocycles. The van der Waals surface area contributed by atoms with Crippen molar-refractivity contribution in [1.29, 1.82) is 0 Å². The van der Waals surface area contributed by atoms with E-state index >= 15 is 0 Å². The van der Waals surface area contributed by atoms with Gasteiger partial charge < -0.3 is 24.6 Å². The van der Waals surface area contributed by atoms with Crippen molar-refractivity contribution in [2.75, 3.05) is 19.6 Å². The van der Waals surface area contributed by atoms with Crippen molar-refractivity contribution in [2.45, 2.75) is 56.5 Å². The number of carbonyl (C=O) groups excluding carboxylic acids is 2. The molecule has 2 amide bonds. The highest BCUT2D eigenvalue weighted by Gasteiger charge is 2.38. The van der Waals surface area contributed by atoms with Gasteiger partial charge in [-0.2, -0.15) is 0 Å². The van der Waals surface area contributed by atoms with E-state index in [0.29, 0.717) is 42.0 Å². The minimum atomic E-state index is -0.882. The van der Waals surface area contributed by atoms with E-state index in [-0.39, 0.29) is 37.2 Å². The molecular formula is C44H41ClN2O6. The molecule has 0 radical (unpaired) electrons. The number of likely N-dealkylation sites (tertiary alicyclic amines) is 1. The second-order valence-electron chi connectivity index (χ2n) is 14.3. The maximum Gasteiger partial charge on any atom is 0.261 e. The Bertz CT molecular complexity index is 2060. The summed E-state index contributed by atoms with van der Waals surface area (Å²) < 4.78 is 13.3. The Morgan fingerprint density at radius 1 is 0.717 bits per heavy atom. The molecule has 5 aromatic carbocycles. The fourth-order valence-electron chi connectivity index (χ4n) is 7.72. The summed E-state index contributed by atoms with van der Waals surface area (Å²) in [7, 11) is 0. The zero-order valence-corrected chi connectivity index (χ0v) is 30.0. The van der Waals surface area contributed by atoms with Crippen LogP contribution in [0.1, 0.15) is 80.2 Å². The highest BCUT2D eigenvalue weighted by atomic mass is 35.5. The van der Waals surface area contributed by atoms with Gasteiger partial charge in [-0.25, -0.2) is 0 Å². The molecule has 3 atom stereocenters. The van der Waals surface area contributed by atoms with Gasteiger partial charge in [0.25, 0.3) is 11.8 Å². The number of rotatable bonds is 9. The first-order chi connectivity index (χ1) is 25.8. The third kappa shape index (κ3) is 7.44. The monoisotopic (exact) mass is 728 g/mol. The molecular weight excluding hydrogens is 688 g/mol. The Morgan fingerprint density at radius 3 is 2.04 bits per heavy atom. The summed E-state index contributed by atoms with van der Waals surface area (Å²) in [4.78, 5) is 29.6. The number of amides is 2. The second kappa shape index (κ2) is 15.0. The first kappa shape index (κ1) is 35.4. The Morgan fingerprint density at radius 2 is 1.38 bits per heavy atom. The molecule has 270 valence electrons. The zero-order chi connectivity index (χ0) is 36.5. The summed E-state index contributed by atoms with van der Waals surface area (Å²) in [5.74, 6) is -0.540. The molecule has 8 nitrogen and oxygen atoms in total. The van der Waals surface area contributed by atoms with E-state index < -0.39 is 11.9 Å². The number of hydrogen-bond acceptors (Lipinski definition) is 7. The van der Waals surface area contributed by atoms with Gasteiger partial charge >= 0.3 is 0 Å². The van der Waals surface area contributed by atoms with Crippen LogP contribution < -0.4 is 0 Å².